The summed E-state index contributed by atoms with van der Waals surface area (Å²) in [6.45, 7) is 6.92. The van der Waals surface area contributed by atoms with Gasteiger partial charge < -0.3 is 0 Å². The van der Waals surface area contributed by atoms with Gasteiger partial charge in [-0.2, -0.15) is 0 Å². The zero-order valence-corrected chi connectivity index (χ0v) is 9.67. The predicted molar refractivity (Wildman–Crippen MR) is 55.1 cm³/mol. The van der Waals surface area contributed by atoms with Crippen molar-refractivity contribution in [1.29, 1.82) is 0 Å². The second-order valence-corrected chi connectivity index (χ2v) is 6.23. The summed E-state index contributed by atoms with van der Waals surface area (Å²) in [5.41, 5.74) is 0. The molecular weight excluding hydrogens is 169 g/mol. The van der Waals surface area contributed by atoms with Gasteiger partial charge in [0.15, 0.2) is 0 Å². The van der Waals surface area contributed by atoms with Gasteiger partial charge in [-0.15, -0.1) is 0 Å². The zero-order chi connectivity index (χ0) is 9.30. The second-order valence-electron chi connectivity index (χ2n) is 3.70. The monoisotopic (exact) mass is 189 g/mol. The highest BCUT2D eigenvalue weighted by Gasteiger charge is 2.31. The average molecular weight is 189 g/mol. The molecule has 0 bridgehead atoms. The standard InChI is InChI=1S/C8H20N3P/c1-8(2)11(5)12-9(3)6-7-10(12)4/h8H,6-7H2,1-5H3. The first-order valence-corrected chi connectivity index (χ1v) is 5.69. The highest BCUT2D eigenvalue weighted by Crippen LogP contribution is 2.49. The fourth-order valence-electron chi connectivity index (χ4n) is 1.42. The Bertz CT molecular complexity index is 141. The van der Waals surface area contributed by atoms with E-state index in [1.807, 2.05) is 0 Å². The van der Waals surface area contributed by atoms with Crippen LogP contribution in [-0.4, -0.2) is 54.3 Å². The molecule has 0 spiro atoms. The van der Waals surface area contributed by atoms with Gasteiger partial charge in [0.2, 0.25) is 0 Å². The van der Waals surface area contributed by atoms with Crippen molar-refractivity contribution in [3.05, 3.63) is 0 Å². The molecule has 1 aliphatic heterocycles. The van der Waals surface area contributed by atoms with Crippen LogP contribution in [0.25, 0.3) is 0 Å². The third kappa shape index (κ3) is 1.97. The molecule has 1 aliphatic rings. The normalized spacial score (nSPS) is 23.2. The lowest BCUT2D eigenvalue weighted by molar-refractivity contribution is 0.410. The Kier molecular flexibility index (Phi) is 3.47. The van der Waals surface area contributed by atoms with Gasteiger partial charge in [-0.1, -0.05) is 0 Å². The average Bonchev–Trinajstić information content (AvgIpc) is 2.30. The van der Waals surface area contributed by atoms with E-state index in [2.05, 4.69) is 49.0 Å². The molecule has 0 atom stereocenters. The summed E-state index contributed by atoms with van der Waals surface area (Å²) in [6, 6.07) is 0.638. The maximum absolute atomic E-state index is 2.46. The van der Waals surface area contributed by atoms with Crippen molar-refractivity contribution in [2.75, 3.05) is 34.2 Å². The van der Waals surface area contributed by atoms with Gasteiger partial charge in [0, 0.05) is 19.1 Å². The lowest BCUT2D eigenvalue weighted by Crippen LogP contribution is -2.29. The topological polar surface area (TPSA) is 9.72 Å². The number of rotatable bonds is 2. The van der Waals surface area contributed by atoms with E-state index in [0.29, 0.717) is 6.04 Å². The van der Waals surface area contributed by atoms with Gasteiger partial charge in [-0.3, -0.25) is 14.0 Å². The van der Waals surface area contributed by atoms with E-state index in [9.17, 15) is 0 Å². The molecule has 0 N–H and O–H groups in total. The van der Waals surface area contributed by atoms with Crippen LogP contribution in [-0.2, 0) is 0 Å². The van der Waals surface area contributed by atoms with Gasteiger partial charge in [0.05, 0.1) is 0 Å². The third-order valence-electron chi connectivity index (χ3n) is 2.39. The summed E-state index contributed by atoms with van der Waals surface area (Å²) in [4.78, 5) is 0. The minimum atomic E-state index is -0.168. The van der Waals surface area contributed by atoms with Crippen molar-refractivity contribution < 1.29 is 0 Å². The molecule has 0 saturated carbocycles. The maximum atomic E-state index is 2.46. The fraction of sp³-hybridized carbons (Fsp3) is 1.00. The number of nitrogens with zero attached hydrogens (tertiary/aromatic N) is 3. The maximum Gasteiger partial charge on any atom is 0.119 e. The van der Waals surface area contributed by atoms with Crippen molar-refractivity contribution in [3.8, 4) is 0 Å². The summed E-state index contributed by atoms with van der Waals surface area (Å²) < 4.78 is 7.37. The SMILES string of the molecule is CC(C)N(C)P1N(C)CCN1C. The van der Waals surface area contributed by atoms with Crippen LogP contribution in [0.1, 0.15) is 13.8 Å². The van der Waals surface area contributed by atoms with Gasteiger partial charge in [-0.25, -0.2) is 0 Å². The van der Waals surface area contributed by atoms with Crippen LogP contribution >= 0.6 is 8.37 Å². The molecule has 0 unspecified atom stereocenters. The minimum Gasteiger partial charge on any atom is -0.259 e. The molecule has 1 saturated heterocycles. The van der Waals surface area contributed by atoms with E-state index in [1.165, 1.54) is 13.1 Å². The Morgan fingerprint density at radius 2 is 1.58 bits per heavy atom. The van der Waals surface area contributed by atoms with E-state index in [4.69, 9.17) is 0 Å². The molecule has 0 aromatic rings. The van der Waals surface area contributed by atoms with Crippen molar-refractivity contribution >= 4 is 8.37 Å². The number of hydrogen-bond donors (Lipinski definition) is 0. The fourth-order valence-corrected chi connectivity index (χ4v) is 3.85. The summed E-state index contributed by atoms with van der Waals surface area (Å²) in [6.07, 6.45) is 0. The van der Waals surface area contributed by atoms with Crippen LogP contribution in [0.15, 0.2) is 0 Å². The van der Waals surface area contributed by atoms with Crippen LogP contribution in [0.3, 0.4) is 0 Å². The Balaban J connectivity index is 2.59. The molecule has 4 heteroatoms. The van der Waals surface area contributed by atoms with Gasteiger partial charge >= 0.3 is 0 Å². The first-order chi connectivity index (χ1) is 5.54. The molecule has 12 heavy (non-hydrogen) atoms. The van der Waals surface area contributed by atoms with Crippen LogP contribution in [0.4, 0.5) is 0 Å². The Labute approximate surface area is 77.2 Å². The van der Waals surface area contributed by atoms with E-state index in [1.54, 1.807) is 0 Å². The molecule has 0 aromatic carbocycles. The molecule has 0 aromatic heterocycles. The highest BCUT2D eigenvalue weighted by molar-refractivity contribution is 7.50. The number of likely N-dealkylation sites (N-methyl/N-ethyl adjacent to an activating group) is 2. The summed E-state index contributed by atoms with van der Waals surface area (Å²) in [5.74, 6) is 0. The number of hydrogen-bond acceptors (Lipinski definition) is 3. The van der Waals surface area contributed by atoms with Crippen molar-refractivity contribution in [3.63, 3.8) is 0 Å². The van der Waals surface area contributed by atoms with Gasteiger partial charge in [-0.05, 0) is 35.0 Å². The Morgan fingerprint density at radius 3 is 1.92 bits per heavy atom. The molecule has 1 fully saturated rings. The molecule has 0 amide bonds. The van der Waals surface area contributed by atoms with E-state index in [0.717, 1.165) is 0 Å². The quantitative estimate of drug-likeness (QED) is 0.608. The molecule has 1 heterocycles. The molecule has 0 aliphatic carbocycles. The van der Waals surface area contributed by atoms with E-state index in [-0.39, 0.29) is 8.37 Å². The molecule has 72 valence electrons. The molecule has 0 radical (unpaired) electrons. The largest absolute Gasteiger partial charge is 0.259 e. The lowest BCUT2D eigenvalue weighted by Gasteiger charge is -2.35. The zero-order valence-electron chi connectivity index (χ0n) is 8.78. The van der Waals surface area contributed by atoms with Crippen LogP contribution < -0.4 is 0 Å². The molecule has 1 rings (SSSR count). The highest BCUT2D eigenvalue weighted by atomic mass is 31.2. The third-order valence-corrected chi connectivity index (χ3v) is 5.04. The van der Waals surface area contributed by atoms with Gasteiger partial charge in [0.1, 0.15) is 8.37 Å². The van der Waals surface area contributed by atoms with Gasteiger partial charge in [0.25, 0.3) is 0 Å². The Hall–Kier alpha value is 0.310. The van der Waals surface area contributed by atoms with Crippen molar-refractivity contribution in [2.24, 2.45) is 0 Å². The lowest BCUT2D eigenvalue weighted by atomic mass is 10.4. The molecule has 3 nitrogen and oxygen atoms in total. The second kappa shape index (κ2) is 4.01. The Morgan fingerprint density at radius 1 is 1.17 bits per heavy atom. The summed E-state index contributed by atoms with van der Waals surface area (Å²) in [7, 11) is 6.48. The van der Waals surface area contributed by atoms with Crippen LogP contribution in [0.2, 0.25) is 0 Å². The summed E-state index contributed by atoms with van der Waals surface area (Å²) >= 11 is 0. The predicted octanol–water partition coefficient (Wildman–Crippen LogP) is 1.43. The van der Waals surface area contributed by atoms with E-state index < -0.39 is 0 Å². The van der Waals surface area contributed by atoms with Crippen LogP contribution in [0.5, 0.6) is 0 Å². The minimum absolute atomic E-state index is 0.168. The first-order valence-electron chi connectivity index (χ1n) is 4.49. The smallest absolute Gasteiger partial charge is 0.119 e. The van der Waals surface area contributed by atoms with Crippen LogP contribution in [0, 0.1) is 0 Å². The first kappa shape index (κ1) is 10.4. The molecular formula is C8H20N3P. The van der Waals surface area contributed by atoms with Crippen molar-refractivity contribution in [2.45, 2.75) is 19.9 Å². The van der Waals surface area contributed by atoms with E-state index >= 15 is 0 Å². The van der Waals surface area contributed by atoms with Crippen molar-refractivity contribution in [1.82, 2.24) is 14.0 Å². The summed E-state index contributed by atoms with van der Waals surface area (Å²) in [5, 5.41) is 0.